The van der Waals surface area contributed by atoms with Crippen LogP contribution in [0.25, 0.3) is 0 Å². The van der Waals surface area contributed by atoms with E-state index >= 15 is 0 Å². The van der Waals surface area contributed by atoms with Crippen LogP contribution in [-0.4, -0.2) is 16.5 Å². The summed E-state index contributed by atoms with van der Waals surface area (Å²) in [6.07, 6.45) is 3.04. The minimum Gasteiger partial charge on any atom is -0.491 e. The summed E-state index contributed by atoms with van der Waals surface area (Å²) in [5.41, 5.74) is 0.803. The molecule has 1 aliphatic heterocycles. The number of aryl methyl sites for hydroxylation is 1. The molecule has 2 heterocycles. The van der Waals surface area contributed by atoms with Crippen LogP contribution in [0.2, 0.25) is 0 Å². The van der Waals surface area contributed by atoms with E-state index in [0.29, 0.717) is 12.4 Å². The van der Waals surface area contributed by atoms with Gasteiger partial charge in [0.2, 0.25) is 0 Å². The van der Waals surface area contributed by atoms with E-state index in [4.69, 9.17) is 4.74 Å². The number of rotatable bonds is 1. The third-order valence-electron chi connectivity index (χ3n) is 1.94. The Labute approximate surface area is 74.5 Å². The van der Waals surface area contributed by atoms with Crippen molar-refractivity contribution >= 4 is 5.69 Å². The summed E-state index contributed by atoms with van der Waals surface area (Å²) in [5.74, 6) is 0.556. The molecular weight excluding hydrogens is 172 g/mol. The molecular formula is C8H8N2O3. The maximum atomic E-state index is 10.4. The minimum atomic E-state index is -0.467. The number of ether oxygens (including phenoxy) is 1. The molecule has 0 spiro atoms. The van der Waals surface area contributed by atoms with Crippen molar-refractivity contribution in [1.29, 1.82) is 0 Å². The lowest BCUT2D eigenvalue weighted by Crippen LogP contribution is -2.10. The van der Waals surface area contributed by atoms with E-state index in [9.17, 15) is 10.1 Å². The van der Waals surface area contributed by atoms with Gasteiger partial charge in [0.1, 0.15) is 11.9 Å². The lowest BCUT2D eigenvalue weighted by molar-refractivity contribution is -0.385. The predicted octanol–water partition coefficient (Wildman–Crippen LogP) is 1.31. The van der Waals surface area contributed by atoms with Crippen molar-refractivity contribution in [3.63, 3.8) is 0 Å². The molecule has 1 aromatic rings. The average Bonchev–Trinajstić information content (AvgIpc) is 2.17. The number of hydrogen-bond donors (Lipinski definition) is 0. The molecule has 0 unspecified atom stereocenters. The first-order valence-electron chi connectivity index (χ1n) is 4.03. The number of fused-ring (bicyclic) bond motifs is 1. The molecule has 1 aliphatic rings. The highest BCUT2D eigenvalue weighted by molar-refractivity contribution is 5.39. The first kappa shape index (κ1) is 7.97. The highest BCUT2D eigenvalue weighted by Crippen LogP contribution is 2.26. The van der Waals surface area contributed by atoms with Gasteiger partial charge in [-0.2, -0.15) is 0 Å². The van der Waals surface area contributed by atoms with Gasteiger partial charge >= 0.3 is 0 Å². The van der Waals surface area contributed by atoms with Gasteiger partial charge in [-0.25, -0.2) is 0 Å². The first-order valence-corrected chi connectivity index (χ1v) is 4.03. The second kappa shape index (κ2) is 3.01. The van der Waals surface area contributed by atoms with E-state index in [0.717, 1.165) is 18.5 Å². The van der Waals surface area contributed by atoms with Gasteiger partial charge in [0.15, 0.2) is 0 Å². The molecule has 5 heteroatoms. The van der Waals surface area contributed by atoms with Crippen molar-refractivity contribution in [2.45, 2.75) is 12.8 Å². The molecule has 2 rings (SSSR count). The first-order chi connectivity index (χ1) is 6.27. The molecule has 0 fully saturated rings. The van der Waals surface area contributed by atoms with Gasteiger partial charge in [0.25, 0.3) is 5.69 Å². The van der Waals surface area contributed by atoms with Crippen LogP contribution in [0.5, 0.6) is 5.75 Å². The van der Waals surface area contributed by atoms with Gasteiger partial charge < -0.3 is 4.74 Å². The molecule has 0 atom stereocenters. The van der Waals surface area contributed by atoms with Gasteiger partial charge in [0, 0.05) is 0 Å². The smallest absolute Gasteiger partial charge is 0.291 e. The van der Waals surface area contributed by atoms with E-state index in [1.807, 2.05) is 0 Å². The molecule has 0 aliphatic carbocycles. The number of aromatic nitrogens is 1. The van der Waals surface area contributed by atoms with Crippen LogP contribution >= 0.6 is 0 Å². The molecule has 13 heavy (non-hydrogen) atoms. The Morgan fingerprint density at radius 3 is 3.23 bits per heavy atom. The highest BCUT2D eigenvalue weighted by Gasteiger charge is 2.16. The van der Waals surface area contributed by atoms with Crippen LogP contribution in [0.4, 0.5) is 5.69 Å². The Bertz CT molecular complexity index is 351. The SMILES string of the molecule is O=[N+]([O-])c1cnc2c(c1)OCCC2. The summed E-state index contributed by atoms with van der Waals surface area (Å²) in [7, 11) is 0. The number of hydrogen-bond acceptors (Lipinski definition) is 4. The van der Waals surface area contributed by atoms with Gasteiger partial charge in [-0.05, 0) is 12.8 Å². The average molecular weight is 180 g/mol. The Morgan fingerprint density at radius 1 is 1.62 bits per heavy atom. The van der Waals surface area contributed by atoms with Gasteiger partial charge in [0.05, 0.1) is 23.3 Å². The predicted molar refractivity (Wildman–Crippen MR) is 44.7 cm³/mol. The fraction of sp³-hybridized carbons (Fsp3) is 0.375. The largest absolute Gasteiger partial charge is 0.491 e. The molecule has 0 bridgehead atoms. The van der Waals surface area contributed by atoms with Crippen LogP contribution in [0.1, 0.15) is 12.1 Å². The zero-order chi connectivity index (χ0) is 9.26. The van der Waals surface area contributed by atoms with E-state index < -0.39 is 4.92 Å². The molecule has 0 amide bonds. The van der Waals surface area contributed by atoms with Crippen LogP contribution < -0.4 is 4.74 Å². The lowest BCUT2D eigenvalue weighted by atomic mass is 10.1. The summed E-state index contributed by atoms with van der Waals surface area (Å²) in [4.78, 5) is 13.9. The van der Waals surface area contributed by atoms with Crippen LogP contribution in [-0.2, 0) is 6.42 Å². The number of pyridine rings is 1. The third-order valence-corrected chi connectivity index (χ3v) is 1.94. The Balaban J connectivity index is 2.40. The van der Waals surface area contributed by atoms with E-state index in [1.54, 1.807) is 0 Å². The van der Waals surface area contributed by atoms with Crippen LogP contribution in [0.15, 0.2) is 12.3 Å². The fourth-order valence-electron chi connectivity index (χ4n) is 1.30. The monoisotopic (exact) mass is 180 g/mol. The lowest BCUT2D eigenvalue weighted by Gasteiger charge is -2.14. The molecule has 0 saturated carbocycles. The van der Waals surface area contributed by atoms with Crippen molar-refractivity contribution in [2.24, 2.45) is 0 Å². The van der Waals surface area contributed by atoms with E-state index in [-0.39, 0.29) is 5.69 Å². The topological polar surface area (TPSA) is 65.3 Å². The van der Waals surface area contributed by atoms with Crippen LogP contribution in [0, 0.1) is 10.1 Å². The summed E-state index contributed by atoms with van der Waals surface area (Å²) >= 11 is 0. The van der Waals surface area contributed by atoms with Crippen LogP contribution in [0.3, 0.4) is 0 Å². The zero-order valence-corrected chi connectivity index (χ0v) is 6.90. The van der Waals surface area contributed by atoms with Gasteiger partial charge in [-0.3, -0.25) is 15.1 Å². The molecule has 0 aromatic carbocycles. The molecule has 0 N–H and O–H groups in total. The van der Waals surface area contributed by atoms with E-state index in [1.165, 1.54) is 12.3 Å². The normalized spacial score (nSPS) is 14.5. The highest BCUT2D eigenvalue weighted by atomic mass is 16.6. The summed E-state index contributed by atoms with van der Waals surface area (Å²) in [6.45, 7) is 0.621. The fourth-order valence-corrected chi connectivity index (χ4v) is 1.30. The molecule has 0 saturated heterocycles. The van der Waals surface area contributed by atoms with Crippen molar-refractivity contribution in [3.05, 3.63) is 28.1 Å². The quantitative estimate of drug-likeness (QED) is 0.482. The third kappa shape index (κ3) is 1.44. The van der Waals surface area contributed by atoms with E-state index in [2.05, 4.69) is 4.98 Å². The molecule has 68 valence electrons. The van der Waals surface area contributed by atoms with Crippen molar-refractivity contribution in [3.8, 4) is 5.75 Å². The Kier molecular flexibility index (Phi) is 1.84. The number of nitro groups is 1. The van der Waals surface area contributed by atoms with Crippen molar-refractivity contribution in [1.82, 2.24) is 4.98 Å². The van der Waals surface area contributed by atoms with Gasteiger partial charge in [-0.1, -0.05) is 0 Å². The summed E-state index contributed by atoms with van der Waals surface area (Å²) in [6, 6.07) is 1.43. The maximum Gasteiger partial charge on any atom is 0.291 e. The van der Waals surface area contributed by atoms with Gasteiger partial charge in [-0.15, -0.1) is 0 Å². The van der Waals surface area contributed by atoms with Crippen molar-refractivity contribution < 1.29 is 9.66 Å². The Hall–Kier alpha value is -1.65. The summed E-state index contributed by atoms with van der Waals surface area (Å²) < 4.78 is 5.25. The Morgan fingerprint density at radius 2 is 2.46 bits per heavy atom. The molecule has 0 radical (unpaired) electrons. The zero-order valence-electron chi connectivity index (χ0n) is 6.90. The molecule has 1 aromatic heterocycles. The standard InChI is InChI=1S/C8H8N2O3/c11-10(12)6-4-8-7(9-5-6)2-1-3-13-8/h4-5H,1-3H2. The maximum absolute atomic E-state index is 10.4. The molecule has 5 nitrogen and oxygen atoms in total. The summed E-state index contributed by atoms with van der Waals surface area (Å²) in [5, 5.41) is 10.4. The second-order valence-corrected chi connectivity index (χ2v) is 2.85. The van der Waals surface area contributed by atoms with Crippen molar-refractivity contribution in [2.75, 3.05) is 6.61 Å². The second-order valence-electron chi connectivity index (χ2n) is 2.85. The minimum absolute atomic E-state index is 0.0133. The number of nitrogens with zero attached hydrogens (tertiary/aromatic N) is 2.